The van der Waals surface area contributed by atoms with Crippen molar-refractivity contribution in [2.24, 2.45) is 0 Å². The van der Waals surface area contributed by atoms with E-state index in [0.29, 0.717) is 11.1 Å². The van der Waals surface area contributed by atoms with Gasteiger partial charge in [0.1, 0.15) is 0 Å². The Labute approximate surface area is 143 Å². The van der Waals surface area contributed by atoms with E-state index < -0.39 is 28.6 Å². The Morgan fingerprint density at radius 2 is 1.96 bits per heavy atom. The first kappa shape index (κ1) is 18.3. The first-order valence-electron chi connectivity index (χ1n) is 7.48. The molecule has 0 aliphatic carbocycles. The van der Waals surface area contributed by atoms with E-state index in [9.17, 15) is 23.7 Å². The highest BCUT2D eigenvalue weighted by molar-refractivity contribution is 5.74. The lowest BCUT2D eigenvalue weighted by molar-refractivity contribution is -0.384. The molecule has 0 aliphatic rings. The SMILES string of the molecule is C[C@@H](NC(=O)N(C)Cc1ccc(F)c(F)c1)c1cccc([N+](=O)[O-])c1. The van der Waals surface area contributed by atoms with Crippen LogP contribution >= 0.6 is 0 Å². The minimum Gasteiger partial charge on any atom is -0.331 e. The third-order valence-electron chi connectivity index (χ3n) is 3.67. The molecule has 2 amide bonds. The van der Waals surface area contributed by atoms with Crippen LogP contribution in [0.25, 0.3) is 0 Å². The summed E-state index contributed by atoms with van der Waals surface area (Å²) in [6.07, 6.45) is 0. The molecule has 0 aromatic heterocycles. The van der Waals surface area contributed by atoms with Crippen LogP contribution in [0.2, 0.25) is 0 Å². The molecule has 25 heavy (non-hydrogen) atoms. The minimum atomic E-state index is -0.976. The van der Waals surface area contributed by atoms with E-state index in [0.717, 1.165) is 12.1 Å². The van der Waals surface area contributed by atoms with Crippen LogP contribution in [0.4, 0.5) is 19.3 Å². The number of urea groups is 1. The van der Waals surface area contributed by atoms with Crippen LogP contribution in [-0.2, 0) is 6.54 Å². The summed E-state index contributed by atoms with van der Waals surface area (Å²) < 4.78 is 26.1. The molecule has 2 rings (SSSR count). The normalized spacial score (nSPS) is 11.7. The van der Waals surface area contributed by atoms with Crippen molar-refractivity contribution >= 4 is 11.7 Å². The molecule has 0 saturated carbocycles. The fourth-order valence-electron chi connectivity index (χ4n) is 2.27. The van der Waals surface area contributed by atoms with E-state index >= 15 is 0 Å². The summed E-state index contributed by atoms with van der Waals surface area (Å²) >= 11 is 0. The zero-order chi connectivity index (χ0) is 18.6. The van der Waals surface area contributed by atoms with Gasteiger partial charge in [-0.3, -0.25) is 10.1 Å². The number of benzene rings is 2. The molecule has 0 bridgehead atoms. The van der Waals surface area contributed by atoms with Gasteiger partial charge in [-0.25, -0.2) is 13.6 Å². The molecule has 2 aromatic rings. The molecule has 1 N–H and O–H groups in total. The highest BCUT2D eigenvalue weighted by Gasteiger charge is 2.16. The van der Waals surface area contributed by atoms with Crippen LogP contribution in [0.15, 0.2) is 42.5 Å². The molecular formula is C17H17F2N3O3. The maximum absolute atomic E-state index is 13.2. The second kappa shape index (κ2) is 7.69. The van der Waals surface area contributed by atoms with Gasteiger partial charge in [0, 0.05) is 25.7 Å². The quantitative estimate of drug-likeness (QED) is 0.659. The Kier molecular flexibility index (Phi) is 5.63. The Bertz CT molecular complexity index is 798. The molecule has 0 unspecified atom stereocenters. The predicted octanol–water partition coefficient (Wildman–Crippen LogP) is 3.78. The number of hydrogen-bond acceptors (Lipinski definition) is 3. The van der Waals surface area contributed by atoms with Gasteiger partial charge in [0.2, 0.25) is 0 Å². The van der Waals surface area contributed by atoms with Gasteiger partial charge >= 0.3 is 6.03 Å². The molecule has 8 heteroatoms. The molecule has 0 fully saturated rings. The number of nitrogens with zero attached hydrogens (tertiary/aromatic N) is 2. The van der Waals surface area contributed by atoms with E-state index in [1.54, 1.807) is 19.1 Å². The number of halogens is 2. The summed E-state index contributed by atoms with van der Waals surface area (Å²) in [7, 11) is 1.51. The van der Waals surface area contributed by atoms with Crippen LogP contribution in [0.3, 0.4) is 0 Å². The summed E-state index contributed by atoms with van der Waals surface area (Å²) in [5, 5.41) is 13.5. The van der Waals surface area contributed by atoms with Gasteiger partial charge in [0.15, 0.2) is 11.6 Å². The Hall–Kier alpha value is -3.03. The van der Waals surface area contributed by atoms with E-state index in [2.05, 4.69) is 5.32 Å². The number of carbonyl (C=O) groups excluding carboxylic acids is 1. The fourth-order valence-corrected chi connectivity index (χ4v) is 2.27. The fraction of sp³-hybridized carbons (Fsp3) is 0.235. The Morgan fingerprint density at radius 1 is 1.24 bits per heavy atom. The summed E-state index contributed by atoms with van der Waals surface area (Å²) in [5.41, 5.74) is 0.970. The molecule has 0 saturated heterocycles. The van der Waals surface area contributed by atoms with Crippen molar-refractivity contribution in [3.8, 4) is 0 Å². The molecule has 1 atom stereocenters. The van der Waals surface area contributed by atoms with Gasteiger partial charge in [-0.1, -0.05) is 18.2 Å². The van der Waals surface area contributed by atoms with Crippen molar-refractivity contribution in [3.63, 3.8) is 0 Å². The zero-order valence-corrected chi connectivity index (χ0v) is 13.7. The second-order valence-corrected chi connectivity index (χ2v) is 5.63. The number of nitro benzene ring substituents is 1. The smallest absolute Gasteiger partial charge is 0.317 e. The van der Waals surface area contributed by atoms with Crippen LogP contribution in [0.5, 0.6) is 0 Å². The summed E-state index contributed by atoms with van der Waals surface area (Å²) in [4.78, 5) is 23.8. The topological polar surface area (TPSA) is 75.5 Å². The first-order valence-corrected chi connectivity index (χ1v) is 7.48. The van der Waals surface area contributed by atoms with Gasteiger partial charge in [0.25, 0.3) is 5.69 Å². The third kappa shape index (κ3) is 4.72. The molecule has 0 heterocycles. The number of carbonyl (C=O) groups is 1. The first-order chi connectivity index (χ1) is 11.8. The van der Waals surface area contributed by atoms with Crippen LogP contribution < -0.4 is 5.32 Å². The number of nitro groups is 1. The zero-order valence-electron chi connectivity index (χ0n) is 13.7. The third-order valence-corrected chi connectivity index (χ3v) is 3.67. The maximum atomic E-state index is 13.2. The van der Waals surface area contributed by atoms with Gasteiger partial charge < -0.3 is 10.2 Å². The average Bonchev–Trinajstić information content (AvgIpc) is 2.58. The van der Waals surface area contributed by atoms with Gasteiger partial charge in [-0.2, -0.15) is 0 Å². The number of hydrogen-bond donors (Lipinski definition) is 1. The van der Waals surface area contributed by atoms with Gasteiger partial charge in [-0.05, 0) is 30.2 Å². The molecule has 0 radical (unpaired) electrons. The van der Waals surface area contributed by atoms with Crippen molar-refractivity contribution < 1.29 is 18.5 Å². The van der Waals surface area contributed by atoms with E-state index in [1.807, 2.05) is 0 Å². The van der Waals surface area contributed by atoms with Crippen molar-refractivity contribution in [2.75, 3.05) is 7.05 Å². The summed E-state index contributed by atoms with van der Waals surface area (Å²) in [5.74, 6) is -1.92. The van der Waals surface area contributed by atoms with Crippen LogP contribution in [-0.4, -0.2) is 22.9 Å². The lowest BCUT2D eigenvalue weighted by Crippen LogP contribution is -2.38. The van der Waals surface area contributed by atoms with Crippen molar-refractivity contribution in [1.29, 1.82) is 0 Å². The maximum Gasteiger partial charge on any atom is 0.317 e. The van der Waals surface area contributed by atoms with E-state index in [-0.39, 0.29) is 12.2 Å². The second-order valence-electron chi connectivity index (χ2n) is 5.63. The molecule has 6 nitrogen and oxygen atoms in total. The lowest BCUT2D eigenvalue weighted by atomic mass is 10.1. The largest absolute Gasteiger partial charge is 0.331 e. The number of nitrogens with one attached hydrogen (secondary N) is 1. The molecule has 132 valence electrons. The van der Waals surface area contributed by atoms with Gasteiger partial charge in [0.05, 0.1) is 11.0 Å². The van der Waals surface area contributed by atoms with E-state index in [4.69, 9.17) is 0 Å². The minimum absolute atomic E-state index is 0.0614. The molecule has 2 aromatic carbocycles. The van der Waals surface area contributed by atoms with Gasteiger partial charge in [-0.15, -0.1) is 0 Å². The highest BCUT2D eigenvalue weighted by Crippen LogP contribution is 2.19. The Morgan fingerprint density at radius 3 is 2.60 bits per heavy atom. The Balaban J connectivity index is 2.01. The monoisotopic (exact) mass is 349 g/mol. The van der Waals surface area contributed by atoms with E-state index in [1.165, 1.54) is 30.1 Å². The predicted molar refractivity (Wildman–Crippen MR) is 87.9 cm³/mol. The summed E-state index contributed by atoms with van der Waals surface area (Å²) in [6.45, 7) is 1.78. The molecule has 0 spiro atoms. The van der Waals surface area contributed by atoms with Crippen molar-refractivity contribution in [3.05, 3.63) is 75.3 Å². The number of rotatable bonds is 5. The number of amides is 2. The van der Waals surface area contributed by atoms with Crippen molar-refractivity contribution in [1.82, 2.24) is 10.2 Å². The molecule has 0 aliphatic heterocycles. The molecular weight excluding hydrogens is 332 g/mol. The van der Waals surface area contributed by atoms with Crippen molar-refractivity contribution in [2.45, 2.75) is 19.5 Å². The van der Waals surface area contributed by atoms with Crippen LogP contribution in [0, 0.1) is 21.7 Å². The standard InChI is InChI=1S/C17H17F2N3O3/c1-11(13-4-3-5-14(9-13)22(24)25)20-17(23)21(2)10-12-6-7-15(18)16(19)8-12/h3-9,11H,10H2,1-2H3,(H,20,23)/t11-/m1/s1. The summed E-state index contributed by atoms with van der Waals surface area (Å²) in [6, 6.07) is 8.50. The highest BCUT2D eigenvalue weighted by atomic mass is 19.2. The lowest BCUT2D eigenvalue weighted by Gasteiger charge is -2.21. The van der Waals surface area contributed by atoms with Crippen LogP contribution in [0.1, 0.15) is 24.1 Å². The average molecular weight is 349 g/mol. The number of non-ortho nitro benzene ring substituents is 1.